The lowest BCUT2D eigenvalue weighted by Crippen LogP contribution is -2.50. The molecule has 1 N–H and O–H groups in total. The summed E-state index contributed by atoms with van der Waals surface area (Å²) in [5, 5.41) is 3.31. The van der Waals surface area contributed by atoms with Gasteiger partial charge in [-0.25, -0.2) is 4.98 Å². The number of piperidine rings is 1. The minimum atomic E-state index is -4.38. The molecule has 2 aromatic carbocycles. The number of nitrogens with one attached hydrogen (secondary N) is 1. The lowest BCUT2D eigenvalue weighted by Gasteiger charge is -2.35. The monoisotopic (exact) mass is 561 g/mol. The Bertz CT molecular complexity index is 1270. The van der Waals surface area contributed by atoms with Gasteiger partial charge >= 0.3 is 6.18 Å². The van der Waals surface area contributed by atoms with Crippen LogP contribution >= 0.6 is 11.6 Å². The van der Waals surface area contributed by atoms with E-state index < -0.39 is 17.8 Å². The average molecular weight is 562 g/mol. The van der Waals surface area contributed by atoms with Crippen molar-refractivity contribution >= 4 is 34.8 Å². The van der Waals surface area contributed by atoms with Gasteiger partial charge in [-0.05, 0) is 61.6 Å². The molecule has 11 heteroatoms. The molecule has 7 nitrogen and oxygen atoms in total. The molecule has 2 amide bonds. The molecule has 0 bridgehead atoms. The Morgan fingerprint density at radius 3 is 2.56 bits per heavy atom. The number of hydrogen-bond acceptors (Lipinski definition) is 4. The molecule has 0 radical (unpaired) electrons. The number of carbonyl (C=O) groups is 2. The van der Waals surface area contributed by atoms with Crippen LogP contribution in [0.4, 0.5) is 24.5 Å². The molecule has 1 atom stereocenters. The largest absolute Gasteiger partial charge is 0.416 e. The number of likely N-dealkylation sites (tertiary alicyclic amines) is 1. The molecule has 4 rings (SSSR count). The van der Waals surface area contributed by atoms with Crippen LogP contribution in [0.2, 0.25) is 5.02 Å². The van der Waals surface area contributed by atoms with Crippen LogP contribution in [0.3, 0.4) is 0 Å². The van der Waals surface area contributed by atoms with E-state index in [4.69, 9.17) is 11.6 Å². The van der Waals surface area contributed by atoms with Crippen LogP contribution in [-0.4, -0.2) is 45.4 Å². The van der Waals surface area contributed by atoms with Crippen molar-refractivity contribution in [2.45, 2.75) is 57.9 Å². The van der Waals surface area contributed by atoms with Crippen LogP contribution in [-0.2, 0) is 28.9 Å². The van der Waals surface area contributed by atoms with E-state index in [1.807, 2.05) is 11.8 Å². The molecule has 1 fully saturated rings. The third kappa shape index (κ3) is 7.32. The van der Waals surface area contributed by atoms with Gasteiger partial charge in [0, 0.05) is 37.7 Å². The van der Waals surface area contributed by atoms with E-state index in [2.05, 4.69) is 10.3 Å². The van der Waals surface area contributed by atoms with Crippen LogP contribution in [0.1, 0.15) is 43.7 Å². The summed E-state index contributed by atoms with van der Waals surface area (Å²) in [5.41, 5.74) is 1.26. The fourth-order valence-corrected chi connectivity index (χ4v) is 5.07. The summed E-state index contributed by atoms with van der Waals surface area (Å²) < 4.78 is 40.5. The van der Waals surface area contributed by atoms with Gasteiger partial charge in [0.05, 0.1) is 22.6 Å². The number of nitrogens with zero attached hydrogens (tertiary/aromatic N) is 4. The van der Waals surface area contributed by atoms with Gasteiger partial charge in [0.1, 0.15) is 12.6 Å². The number of alkyl halides is 3. The third-order valence-electron chi connectivity index (χ3n) is 6.71. The first-order valence-electron chi connectivity index (χ1n) is 12.9. The number of amides is 2. The van der Waals surface area contributed by atoms with Gasteiger partial charge in [-0.3, -0.25) is 9.59 Å². The highest BCUT2D eigenvalue weighted by molar-refractivity contribution is 6.33. The Labute approximate surface area is 230 Å². The van der Waals surface area contributed by atoms with E-state index in [1.54, 1.807) is 46.4 Å². The van der Waals surface area contributed by atoms with Gasteiger partial charge in [-0.1, -0.05) is 30.7 Å². The zero-order chi connectivity index (χ0) is 28.0. The molecule has 0 aliphatic carbocycles. The predicted octanol–water partition coefficient (Wildman–Crippen LogP) is 5.99. The second-order valence-corrected chi connectivity index (χ2v) is 10.0. The van der Waals surface area contributed by atoms with Crippen molar-refractivity contribution in [3.63, 3.8) is 0 Å². The Balaban J connectivity index is 1.44. The number of aromatic nitrogens is 2. The molecule has 208 valence electrons. The average Bonchev–Trinajstić information content (AvgIpc) is 3.41. The van der Waals surface area contributed by atoms with Gasteiger partial charge in [0.25, 0.3) is 0 Å². The standard InChI is InChI=1S/C28H31ClF3N5O2/c1-2-13-36(17-20-6-8-21(9-7-20)28(30,31)32)24-11-10-22(16-23(24)29)34-27(39)25-5-3-4-14-37(25)26(38)18-35-15-12-33-19-35/h6-12,15-16,19,25H,2-5,13-14,17-18H2,1H3,(H,34,39)/t25-/m1/s1. The number of hydrogen-bond donors (Lipinski definition) is 1. The topological polar surface area (TPSA) is 70.5 Å². The van der Waals surface area contributed by atoms with E-state index in [-0.39, 0.29) is 18.4 Å². The molecule has 3 aromatic rings. The summed E-state index contributed by atoms with van der Waals surface area (Å²) in [6.07, 6.45) is 3.57. The van der Waals surface area contributed by atoms with Crippen LogP contribution < -0.4 is 10.2 Å². The van der Waals surface area contributed by atoms with Crippen molar-refractivity contribution in [2.75, 3.05) is 23.3 Å². The van der Waals surface area contributed by atoms with E-state index in [0.717, 1.165) is 37.0 Å². The highest BCUT2D eigenvalue weighted by atomic mass is 35.5. The molecule has 1 aromatic heterocycles. The molecule has 0 spiro atoms. The normalized spacial score (nSPS) is 15.7. The SMILES string of the molecule is CCCN(Cc1ccc(C(F)(F)F)cc1)c1ccc(NC(=O)[C@H]2CCCCN2C(=O)Cn2ccnc2)cc1Cl. The zero-order valence-electron chi connectivity index (χ0n) is 21.6. The quantitative estimate of drug-likeness (QED) is 0.348. The van der Waals surface area contributed by atoms with Crippen molar-refractivity contribution in [3.8, 4) is 0 Å². The summed E-state index contributed by atoms with van der Waals surface area (Å²) >= 11 is 6.62. The van der Waals surface area contributed by atoms with Crippen molar-refractivity contribution in [1.29, 1.82) is 0 Å². The Kier molecular flexibility index (Phi) is 9.16. The van der Waals surface area contributed by atoms with Gasteiger partial charge in [0.2, 0.25) is 11.8 Å². The molecule has 0 unspecified atom stereocenters. The first-order valence-corrected chi connectivity index (χ1v) is 13.3. The number of carbonyl (C=O) groups excluding carboxylic acids is 2. The van der Waals surface area contributed by atoms with E-state index in [0.29, 0.717) is 42.5 Å². The smallest absolute Gasteiger partial charge is 0.366 e. The second kappa shape index (κ2) is 12.5. The molecule has 39 heavy (non-hydrogen) atoms. The highest BCUT2D eigenvalue weighted by Crippen LogP contribution is 2.32. The predicted molar refractivity (Wildman–Crippen MR) is 144 cm³/mol. The first-order chi connectivity index (χ1) is 18.7. The highest BCUT2D eigenvalue weighted by Gasteiger charge is 2.32. The van der Waals surface area contributed by atoms with Crippen LogP contribution in [0.5, 0.6) is 0 Å². The number of rotatable bonds is 9. The van der Waals surface area contributed by atoms with E-state index in [9.17, 15) is 22.8 Å². The summed E-state index contributed by atoms with van der Waals surface area (Å²) in [7, 11) is 0. The third-order valence-corrected chi connectivity index (χ3v) is 7.01. The number of halogens is 4. The minimum Gasteiger partial charge on any atom is -0.366 e. The summed E-state index contributed by atoms with van der Waals surface area (Å²) in [6.45, 7) is 3.67. The maximum atomic E-state index is 13.2. The summed E-state index contributed by atoms with van der Waals surface area (Å²) in [5.74, 6) is -0.410. The van der Waals surface area contributed by atoms with Crippen molar-refractivity contribution in [3.05, 3.63) is 77.3 Å². The fraction of sp³-hybridized carbons (Fsp3) is 0.393. The summed E-state index contributed by atoms with van der Waals surface area (Å²) in [6, 6.07) is 9.71. The van der Waals surface area contributed by atoms with Gasteiger partial charge in [-0.15, -0.1) is 0 Å². The van der Waals surface area contributed by atoms with E-state index >= 15 is 0 Å². The Hall–Kier alpha value is -3.53. The summed E-state index contributed by atoms with van der Waals surface area (Å²) in [4.78, 5) is 33.7. The molecule has 1 saturated heterocycles. The van der Waals surface area contributed by atoms with Gasteiger partial charge < -0.3 is 19.7 Å². The van der Waals surface area contributed by atoms with Crippen molar-refractivity contribution in [1.82, 2.24) is 14.5 Å². The maximum Gasteiger partial charge on any atom is 0.416 e. The van der Waals surface area contributed by atoms with Crippen molar-refractivity contribution < 1.29 is 22.8 Å². The van der Waals surface area contributed by atoms with Gasteiger partial charge in [0.15, 0.2) is 0 Å². The number of benzene rings is 2. The maximum absolute atomic E-state index is 13.2. The fourth-order valence-electron chi connectivity index (χ4n) is 4.77. The number of imidazole rings is 1. The lowest BCUT2D eigenvalue weighted by molar-refractivity contribution is -0.140. The number of anilines is 2. The molecule has 0 saturated carbocycles. The van der Waals surface area contributed by atoms with Crippen LogP contribution in [0.25, 0.3) is 0 Å². The second-order valence-electron chi connectivity index (χ2n) is 9.61. The first kappa shape index (κ1) is 28.5. The van der Waals surface area contributed by atoms with Crippen LogP contribution in [0, 0.1) is 0 Å². The lowest BCUT2D eigenvalue weighted by atomic mass is 10.0. The Morgan fingerprint density at radius 1 is 1.15 bits per heavy atom. The molecule has 1 aliphatic heterocycles. The molecule has 1 aliphatic rings. The van der Waals surface area contributed by atoms with E-state index in [1.165, 1.54) is 12.1 Å². The minimum absolute atomic E-state index is 0.122. The Morgan fingerprint density at radius 2 is 1.92 bits per heavy atom. The van der Waals surface area contributed by atoms with Gasteiger partial charge in [-0.2, -0.15) is 13.2 Å². The molecular formula is C28H31ClF3N5O2. The zero-order valence-corrected chi connectivity index (χ0v) is 22.4. The van der Waals surface area contributed by atoms with Crippen molar-refractivity contribution in [2.24, 2.45) is 0 Å². The molecular weight excluding hydrogens is 531 g/mol. The molecule has 2 heterocycles. The van der Waals surface area contributed by atoms with Crippen LogP contribution in [0.15, 0.2) is 61.2 Å².